The number of hydrogen-bond donors (Lipinski definition) is 1. The highest BCUT2D eigenvalue weighted by molar-refractivity contribution is 6.34. The lowest BCUT2D eigenvalue weighted by Gasteiger charge is -2.09. The Balaban J connectivity index is 2.26. The van der Waals surface area contributed by atoms with Gasteiger partial charge in [0.2, 0.25) is 0 Å². The summed E-state index contributed by atoms with van der Waals surface area (Å²) in [6.45, 7) is 1.95. The Bertz CT molecular complexity index is 673. The summed E-state index contributed by atoms with van der Waals surface area (Å²) in [6.07, 6.45) is 1.48. The normalized spacial score (nSPS) is 10.0. The second kappa shape index (κ2) is 6.85. The molecule has 1 heterocycles. The van der Waals surface area contributed by atoms with Crippen LogP contribution in [-0.4, -0.2) is 23.5 Å². The monoisotopic (exact) mass is 304 g/mol. The van der Waals surface area contributed by atoms with Gasteiger partial charge in [-0.25, -0.2) is 9.78 Å². The fraction of sp³-hybridized carbons (Fsp3) is 0.133. The van der Waals surface area contributed by atoms with Gasteiger partial charge in [-0.3, -0.25) is 4.79 Å². The summed E-state index contributed by atoms with van der Waals surface area (Å²) in [7, 11) is 0. The van der Waals surface area contributed by atoms with Crippen LogP contribution in [0.4, 0.5) is 5.82 Å². The molecule has 2 aromatic rings. The van der Waals surface area contributed by atoms with E-state index in [0.29, 0.717) is 10.6 Å². The number of nitrogens with one attached hydrogen (secondary N) is 1. The van der Waals surface area contributed by atoms with Crippen LogP contribution in [0, 0.1) is 0 Å². The first-order chi connectivity index (χ1) is 10.1. The maximum Gasteiger partial charge on any atom is 0.341 e. The third-order valence-electron chi connectivity index (χ3n) is 2.65. The third-order valence-corrected chi connectivity index (χ3v) is 2.98. The highest BCUT2D eigenvalue weighted by Crippen LogP contribution is 2.18. The summed E-state index contributed by atoms with van der Waals surface area (Å²) in [5.41, 5.74) is 0.499. The first-order valence-corrected chi connectivity index (χ1v) is 6.69. The fourth-order valence-electron chi connectivity index (χ4n) is 1.70. The van der Waals surface area contributed by atoms with E-state index in [1.807, 2.05) is 0 Å². The van der Waals surface area contributed by atoms with Crippen LogP contribution in [0.2, 0.25) is 5.02 Å². The highest BCUT2D eigenvalue weighted by atomic mass is 35.5. The third kappa shape index (κ3) is 3.58. The molecule has 108 valence electrons. The second-order valence-electron chi connectivity index (χ2n) is 4.05. The van der Waals surface area contributed by atoms with Crippen molar-refractivity contribution in [1.29, 1.82) is 0 Å². The van der Waals surface area contributed by atoms with Crippen LogP contribution in [0.1, 0.15) is 27.6 Å². The van der Waals surface area contributed by atoms with Gasteiger partial charge in [-0.1, -0.05) is 23.7 Å². The number of anilines is 1. The lowest BCUT2D eigenvalue weighted by atomic mass is 10.2. The number of esters is 1. The Labute approximate surface area is 126 Å². The molecular formula is C15H13ClN2O3. The quantitative estimate of drug-likeness (QED) is 0.881. The summed E-state index contributed by atoms with van der Waals surface area (Å²) < 4.78 is 4.92. The van der Waals surface area contributed by atoms with Crippen molar-refractivity contribution in [3.05, 3.63) is 58.7 Å². The Morgan fingerprint density at radius 2 is 1.90 bits per heavy atom. The van der Waals surface area contributed by atoms with Crippen LogP contribution in [0.25, 0.3) is 0 Å². The van der Waals surface area contributed by atoms with E-state index in [-0.39, 0.29) is 18.0 Å². The van der Waals surface area contributed by atoms with Gasteiger partial charge in [-0.2, -0.15) is 0 Å². The van der Waals surface area contributed by atoms with Crippen molar-refractivity contribution in [2.75, 3.05) is 11.9 Å². The van der Waals surface area contributed by atoms with E-state index in [1.165, 1.54) is 12.3 Å². The van der Waals surface area contributed by atoms with Gasteiger partial charge in [-0.15, -0.1) is 0 Å². The van der Waals surface area contributed by atoms with Gasteiger partial charge >= 0.3 is 5.97 Å². The number of ether oxygens (including phenoxy) is 1. The molecule has 0 aliphatic heterocycles. The molecule has 21 heavy (non-hydrogen) atoms. The SMILES string of the molecule is CCOC(=O)c1cccnc1NC(=O)c1ccccc1Cl. The zero-order valence-corrected chi connectivity index (χ0v) is 12.1. The summed E-state index contributed by atoms with van der Waals surface area (Å²) in [5.74, 6) is -0.842. The number of nitrogens with zero attached hydrogens (tertiary/aromatic N) is 1. The van der Waals surface area contributed by atoms with Gasteiger partial charge in [0.15, 0.2) is 0 Å². The van der Waals surface area contributed by atoms with Gasteiger partial charge in [0.25, 0.3) is 5.91 Å². The zero-order valence-electron chi connectivity index (χ0n) is 11.3. The number of hydrogen-bond acceptors (Lipinski definition) is 4. The fourth-order valence-corrected chi connectivity index (χ4v) is 1.92. The van der Waals surface area contributed by atoms with Gasteiger partial charge in [0.1, 0.15) is 11.4 Å². The molecule has 0 atom stereocenters. The molecule has 6 heteroatoms. The first-order valence-electron chi connectivity index (χ1n) is 6.31. The van der Waals surface area contributed by atoms with Crippen LogP contribution in [0.3, 0.4) is 0 Å². The molecule has 1 amide bonds. The number of amides is 1. The maximum absolute atomic E-state index is 12.2. The Morgan fingerprint density at radius 3 is 2.62 bits per heavy atom. The van der Waals surface area contributed by atoms with Gasteiger partial charge in [0, 0.05) is 6.20 Å². The number of carbonyl (C=O) groups is 2. The molecule has 0 unspecified atom stereocenters. The van der Waals surface area contributed by atoms with Crippen LogP contribution in [-0.2, 0) is 4.74 Å². The van der Waals surface area contributed by atoms with Crippen molar-refractivity contribution in [1.82, 2.24) is 4.98 Å². The minimum atomic E-state index is -0.542. The predicted molar refractivity (Wildman–Crippen MR) is 79.6 cm³/mol. The Morgan fingerprint density at radius 1 is 1.19 bits per heavy atom. The van der Waals surface area contributed by atoms with E-state index in [0.717, 1.165) is 0 Å². The largest absolute Gasteiger partial charge is 0.462 e. The molecule has 0 saturated carbocycles. The van der Waals surface area contributed by atoms with Crippen molar-refractivity contribution in [2.24, 2.45) is 0 Å². The molecule has 2 rings (SSSR count). The van der Waals surface area contributed by atoms with E-state index in [1.54, 1.807) is 37.3 Å². The van der Waals surface area contributed by atoms with E-state index in [9.17, 15) is 9.59 Å². The van der Waals surface area contributed by atoms with Gasteiger partial charge in [0.05, 0.1) is 17.2 Å². The van der Waals surface area contributed by atoms with Crippen molar-refractivity contribution in [3.8, 4) is 0 Å². The number of rotatable bonds is 4. The molecule has 1 N–H and O–H groups in total. The molecule has 0 bridgehead atoms. The highest BCUT2D eigenvalue weighted by Gasteiger charge is 2.17. The lowest BCUT2D eigenvalue weighted by Crippen LogP contribution is -2.17. The van der Waals surface area contributed by atoms with Crippen LogP contribution < -0.4 is 5.32 Å². The predicted octanol–water partition coefficient (Wildman–Crippen LogP) is 3.16. The summed E-state index contributed by atoms with van der Waals surface area (Å²) in [5, 5.41) is 2.89. The average Bonchev–Trinajstić information content (AvgIpc) is 2.48. The molecule has 0 saturated heterocycles. The van der Waals surface area contributed by atoms with Crippen LogP contribution in [0.15, 0.2) is 42.6 Å². The van der Waals surface area contributed by atoms with Gasteiger partial charge in [-0.05, 0) is 31.2 Å². The summed E-state index contributed by atoms with van der Waals surface area (Å²) in [6, 6.07) is 9.76. The standard InChI is InChI=1S/C15H13ClN2O3/c1-2-21-15(20)11-7-5-9-17-13(11)18-14(19)10-6-3-4-8-12(10)16/h3-9H,2H2,1H3,(H,17,18,19). The van der Waals surface area contributed by atoms with Crippen LogP contribution >= 0.6 is 11.6 Å². The van der Waals surface area contributed by atoms with Crippen molar-refractivity contribution in [3.63, 3.8) is 0 Å². The zero-order chi connectivity index (χ0) is 15.2. The molecule has 0 aliphatic rings. The first kappa shape index (κ1) is 15.0. The molecular weight excluding hydrogens is 292 g/mol. The van der Waals surface area contributed by atoms with Crippen LogP contribution in [0.5, 0.6) is 0 Å². The van der Waals surface area contributed by atoms with Crippen molar-refractivity contribution >= 4 is 29.3 Å². The van der Waals surface area contributed by atoms with Crippen molar-refractivity contribution < 1.29 is 14.3 Å². The molecule has 0 aliphatic carbocycles. The summed E-state index contributed by atoms with van der Waals surface area (Å²) in [4.78, 5) is 28.0. The van der Waals surface area contributed by atoms with Crippen molar-refractivity contribution in [2.45, 2.75) is 6.92 Å². The molecule has 5 nitrogen and oxygen atoms in total. The smallest absolute Gasteiger partial charge is 0.341 e. The topological polar surface area (TPSA) is 68.3 Å². The van der Waals surface area contributed by atoms with E-state index in [2.05, 4.69) is 10.3 Å². The minimum absolute atomic E-state index is 0.140. The molecule has 0 radical (unpaired) electrons. The minimum Gasteiger partial charge on any atom is -0.462 e. The number of carbonyl (C=O) groups excluding carboxylic acids is 2. The van der Waals surface area contributed by atoms with E-state index >= 15 is 0 Å². The Hall–Kier alpha value is -2.40. The lowest BCUT2D eigenvalue weighted by molar-refractivity contribution is 0.0527. The maximum atomic E-state index is 12.2. The van der Waals surface area contributed by atoms with Gasteiger partial charge < -0.3 is 10.1 Å². The average molecular weight is 305 g/mol. The molecule has 0 spiro atoms. The Kier molecular flexibility index (Phi) is 4.90. The molecule has 1 aromatic carbocycles. The number of benzene rings is 1. The number of aromatic nitrogens is 1. The number of halogens is 1. The van der Waals surface area contributed by atoms with E-state index in [4.69, 9.17) is 16.3 Å². The molecule has 1 aromatic heterocycles. The van der Waals surface area contributed by atoms with E-state index < -0.39 is 11.9 Å². The molecule has 0 fully saturated rings. The number of pyridine rings is 1. The second-order valence-corrected chi connectivity index (χ2v) is 4.46. The summed E-state index contributed by atoms with van der Waals surface area (Å²) >= 11 is 5.96.